The Kier molecular flexibility index (Phi) is 8.65. The van der Waals surface area contributed by atoms with Gasteiger partial charge in [0.25, 0.3) is 0 Å². The fourth-order valence-corrected chi connectivity index (χ4v) is 0.799. The van der Waals surface area contributed by atoms with E-state index >= 15 is 0 Å². The van der Waals surface area contributed by atoms with Crippen LogP contribution in [0.5, 0.6) is 5.75 Å². The molecule has 1 aromatic rings. The first-order valence-electron chi connectivity index (χ1n) is 3.31. The van der Waals surface area contributed by atoms with E-state index in [0.29, 0.717) is 0 Å². The number of hydrogen-bond acceptors (Lipinski definition) is 3. The van der Waals surface area contributed by atoms with E-state index in [4.69, 9.17) is 15.3 Å². The summed E-state index contributed by atoms with van der Waals surface area (Å²) >= 11 is 0. The van der Waals surface area contributed by atoms with Crippen LogP contribution in [0.15, 0.2) is 24.3 Å². The van der Waals surface area contributed by atoms with E-state index < -0.39 is 12.1 Å². The molecule has 1 rings (SSSR count). The normalized spacial score (nSPS) is 10.6. The summed E-state index contributed by atoms with van der Waals surface area (Å²) in [7, 11) is 0. The van der Waals surface area contributed by atoms with E-state index in [1.54, 1.807) is 0 Å². The van der Waals surface area contributed by atoms with Gasteiger partial charge in [-0.1, -0.05) is 12.1 Å². The summed E-state index contributed by atoms with van der Waals surface area (Å²) in [5, 5.41) is 26.2. The quantitative estimate of drug-likeness (QED) is 0.564. The fourth-order valence-electron chi connectivity index (χ4n) is 0.799. The Morgan fingerprint density at radius 1 is 1.21 bits per heavy atom. The van der Waals surface area contributed by atoms with Crippen LogP contribution in [0, 0.1) is 0 Å². The third-order valence-electron chi connectivity index (χ3n) is 1.44. The van der Waals surface area contributed by atoms with E-state index in [1.807, 2.05) is 0 Å². The summed E-state index contributed by atoms with van der Waals surface area (Å²) in [5.41, 5.74) is 0.250. The minimum absolute atomic E-state index is 0. The number of carboxylic acid groups (broad SMARTS) is 1. The Labute approximate surface area is 123 Å². The molecule has 1 aromatic carbocycles. The average Bonchev–Trinajstić information content (AvgIpc) is 2.04. The van der Waals surface area contributed by atoms with E-state index in [-0.39, 0.29) is 68.2 Å². The molecular weight excluding hydrogens is 215 g/mol. The maximum absolute atomic E-state index is 10.3. The SMILES string of the molecule is O.O=C(O)[C@H](O)c1ccc(O)cc1.[KH]. The van der Waals surface area contributed by atoms with Gasteiger partial charge in [-0.2, -0.15) is 0 Å². The van der Waals surface area contributed by atoms with Gasteiger partial charge in [0.1, 0.15) is 5.75 Å². The molecule has 0 unspecified atom stereocenters. The molecule has 1 atom stereocenters. The number of aromatic hydroxyl groups is 1. The molecule has 0 radical (unpaired) electrons. The minimum atomic E-state index is -1.52. The number of carboxylic acids is 1. The first-order valence-corrected chi connectivity index (χ1v) is 3.31. The monoisotopic (exact) mass is 226 g/mol. The molecule has 5 nitrogen and oxygen atoms in total. The number of phenols is 1. The summed E-state index contributed by atoms with van der Waals surface area (Å²) < 4.78 is 0. The van der Waals surface area contributed by atoms with Crippen molar-refractivity contribution in [2.24, 2.45) is 0 Å². The number of aliphatic hydroxyl groups excluding tert-OH is 1. The van der Waals surface area contributed by atoms with Crippen LogP contribution in [0.4, 0.5) is 0 Å². The molecule has 0 aliphatic rings. The molecule has 0 bridgehead atoms. The van der Waals surface area contributed by atoms with Gasteiger partial charge in [0.15, 0.2) is 6.10 Å². The van der Waals surface area contributed by atoms with Crippen molar-refractivity contribution in [2.75, 3.05) is 0 Å². The van der Waals surface area contributed by atoms with Crippen LogP contribution >= 0.6 is 0 Å². The van der Waals surface area contributed by atoms with Gasteiger partial charge in [-0.3, -0.25) is 0 Å². The van der Waals surface area contributed by atoms with E-state index in [1.165, 1.54) is 24.3 Å². The van der Waals surface area contributed by atoms with Crippen LogP contribution in [-0.4, -0.2) is 78.1 Å². The van der Waals surface area contributed by atoms with E-state index in [0.717, 1.165) is 0 Å². The first kappa shape index (κ1) is 16.5. The molecule has 0 fully saturated rings. The van der Waals surface area contributed by atoms with Gasteiger partial charge in [-0.05, 0) is 17.7 Å². The molecule has 0 aliphatic heterocycles. The average molecular weight is 226 g/mol. The van der Waals surface area contributed by atoms with Crippen LogP contribution in [0.25, 0.3) is 0 Å². The molecule has 14 heavy (non-hydrogen) atoms. The zero-order valence-corrected chi connectivity index (χ0v) is 6.64. The van der Waals surface area contributed by atoms with Crippen LogP contribution in [0.2, 0.25) is 0 Å². The molecule has 74 valence electrons. The summed E-state index contributed by atoms with van der Waals surface area (Å²) in [4.78, 5) is 10.3. The predicted octanol–water partition coefficient (Wildman–Crippen LogP) is -0.963. The number of hydrogen-bond donors (Lipinski definition) is 3. The van der Waals surface area contributed by atoms with Crippen molar-refractivity contribution in [3.05, 3.63) is 29.8 Å². The Morgan fingerprint density at radius 3 is 2.00 bits per heavy atom. The maximum atomic E-state index is 10.3. The molecule has 5 N–H and O–H groups in total. The van der Waals surface area contributed by atoms with Gasteiger partial charge >= 0.3 is 57.4 Å². The van der Waals surface area contributed by atoms with Crippen molar-refractivity contribution in [3.8, 4) is 5.75 Å². The van der Waals surface area contributed by atoms with Gasteiger partial charge in [0, 0.05) is 0 Å². The second-order valence-corrected chi connectivity index (χ2v) is 2.33. The van der Waals surface area contributed by atoms with Crippen molar-refractivity contribution >= 4 is 57.4 Å². The van der Waals surface area contributed by atoms with Crippen LogP contribution in [0.3, 0.4) is 0 Å². The summed E-state index contributed by atoms with van der Waals surface area (Å²) in [6, 6.07) is 5.35. The molecule has 0 saturated heterocycles. The molecule has 0 saturated carbocycles. The Hall–Kier alpha value is 0.0464. The second kappa shape index (κ2) is 7.35. The van der Waals surface area contributed by atoms with E-state index in [2.05, 4.69) is 0 Å². The van der Waals surface area contributed by atoms with Crippen molar-refractivity contribution in [1.29, 1.82) is 0 Å². The topological polar surface area (TPSA) is 109 Å². The summed E-state index contributed by atoms with van der Waals surface area (Å²) in [6.07, 6.45) is -1.52. The van der Waals surface area contributed by atoms with Crippen molar-refractivity contribution < 1.29 is 25.6 Å². The molecule has 0 amide bonds. The Balaban J connectivity index is 0. The van der Waals surface area contributed by atoms with E-state index in [9.17, 15) is 4.79 Å². The van der Waals surface area contributed by atoms with Crippen molar-refractivity contribution in [1.82, 2.24) is 0 Å². The third kappa shape index (κ3) is 4.51. The standard InChI is InChI=1S/C8H8O4.K.H2O.H/c9-6-3-1-5(2-4-6)7(10)8(11)12;;;/h1-4,7,9-10H,(H,11,12);;1H2;/t7-;;;/m1.../s1. The van der Waals surface area contributed by atoms with Crippen LogP contribution in [0.1, 0.15) is 11.7 Å². The van der Waals surface area contributed by atoms with Crippen LogP contribution in [-0.2, 0) is 4.79 Å². The van der Waals surface area contributed by atoms with Gasteiger partial charge in [0.2, 0.25) is 0 Å². The molecule has 0 aliphatic carbocycles. The van der Waals surface area contributed by atoms with Crippen molar-refractivity contribution in [3.63, 3.8) is 0 Å². The predicted molar refractivity (Wildman–Crippen MR) is 51.5 cm³/mol. The molecule has 0 heterocycles. The van der Waals surface area contributed by atoms with Gasteiger partial charge in [-0.15, -0.1) is 0 Å². The molecule has 0 aromatic heterocycles. The first-order chi connectivity index (χ1) is 5.61. The summed E-state index contributed by atoms with van der Waals surface area (Å²) in [6.45, 7) is 0. The molecule has 6 heteroatoms. The number of benzene rings is 1. The molecule has 0 spiro atoms. The Bertz CT molecular complexity index is 284. The number of carbonyl (C=O) groups is 1. The second-order valence-electron chi connectivity index (χ2n) is 2.33. The fraction of sp³-hybridized carbons (Fsp3) is 0.125. The van der Waals surface area contributed by atoms with Gasteiger partial charge in [0.05, 0.1) is 0 Å². The molecular formula is C8H11KO5. The number of aliphatic hydroxyl groups is 1. The Morgan fingerprint density at radius 2 is 1.64 bits per heavy atom. The number of phenolic OH excluding ortho intramolecular Hbond substituents is 1. The van der Waals surface area contributed by atoms with Crippen molar-refractivity contribution in [2.45, 2.75) is 6.10 Å². The summed E-state index contributed by atoms with van der Waals surface area (Å²) in [5.74, 6) is -1.27. The zero-order chi connectivity index (χ0) is 9.14. The number of aliphatic carboxylic acids is 1. The van der Waals surface area contributed by atoms with Gasteiger partial charge in [-0.25, -0.2) is 4.79 Å². The van der Waals surface area contributed by atoms with Gasteiger partial charge < -0.3 is 20.8 Å². The zero-order valence-electron chi connectivity index (χ0n) is 6.64. The number of rotatable bonds is 2. The van der Waals surface area contributed by atoms with Crippen LogP contribution < -0.4 is 0 Å². The third-order valence-corrected chi connectivity index (χ3v) is 1.44.